The van der Waals surface area contributed by atoms with E-state index in [0.717, 1.165) is 60.5 Å². The number of rotatable bonds is 10. The van der Waals surface area contributed by atoms with Gasteiger partial charge in [0.1, 0.15) is 9.22 Å². The lowest BCUT2D eigenvalue weighted by atomic mass is 9.94. The molecule has 1 fully saturated rings. The number of sulfonamides is 1. The van der Waals surface area contributed by atoms with E-state index < -0.39 is 10.0 Å². The molecular formula is C26H30N4O3S3. The highest BCUT2D eigenvalue weighted by molar-refractivity contribution is 7.94. The first-order chi connectivity index (χ1) is 17.5. The summed E-state index contributed by atoms with van der Waals surface area (Å²) in [5.41, 5.74) is 2.23. The Morgan fingerprint density at radius 2 is 2.08 bits per heavy atom. The van der Waals surface area contributed by atoms with Crippen molar-refractivity contribution in [1.82, 2.24) is 14.9 Å². The van der Waals surface area contributed by atoms with Gasteiger partial charge in [-0.2, -0.15) is 0 Å². The number of thiazole rings is 1. The first-order valence-electron chi connectivity index (χ1n) is 12.1. The van der Waals surface area contributed by atoms with Gasteiger partial charge in [-0.1, -0.05) is 24.3 Å². The van der Waals surface area contributed by atoms with Crippen LogP contribution in [0.25, 0.3) is 21.6 Å². The standard InChI is InChI=1S/C26H30N4O3S3/c1-2-11-30(36(32,33)24-7-4-15-34-24)23-6-3-5-20-16-22(28-25(20)23)26-27-17-21(35-26)18-29-12-8-19(9-13-29)10-14-31/h2-7,15-17,19,28,31H,1,8-14,18H2. The summed E-state index contributed by atoms with van der Waals surface area (Å²) in [6.07, 6.45) is 6.71. The SMILES string of the molecule is C=CCN(c1cccc2cc(-c3ncc(CN4CCC(CCO)CC4)s3)[nH]c12)S(=O)(=O)c1cccs1. The average molecular weight is 543 g/mol. The predicted octanol–water partition coefficient (Wildman–Crippen LogP) is 5.33. The van der Waals surface area contributed by atoms with Gasteiger partial charge in [-0.25, -0.2) is 13.4 Å². The molecule has 10 heteroatoms. The van der Waals surface area contributed by atoms with Crippen molar-refractivity contribution in [2.75, 3.05) is 30.5 Å². The van der Waals surface area contributed by atoms with Crippen molar-refractivity contribution >= 4 is 49.3 Å². The van der Waals surface area contributed by atoms with Crippen molar-refractivity contribution in [2.45, 2.75) is 30.0 Å². The van der Waals surface area contributed by atoms with E-state index in [1.54, 1.807) is 34.9 Å². The van der Waals surface area contributed by atoms with E-state index in [9.17, 15) is 13.5 Å². The van der Waals surface area contributed by atoms with Crippen LogP contribution in [0.3, 0.4) is 0 Å². The number of aliphatic hydroxyl groups is 1. The van der Waals surface area contributed by atoms with Crippen LogP contribution in [0.5, 0.6) is 0 Å². The zero-order valence-corrected chi connectivity index (χ0v) is 22.4. The Hall–Kier alpha value is -2.50. The van der Waals surface area contributed by atoms with Gasteiger partial charge in [0.25, 0.3) is 10.0 Å². The fourth-order valence-electron chi connectivity index (χ4n) is 4.77. The van der Waals surface area contributed by atoms with E-state index in [-0.39, 0.29) is 13.2 Å². The predicted molar refractivity (Wildman–Crippen MR) is 148 cm³/mol. The molecule has 5 rings (SSSR count). The van der Waals surface area contributed by atoms with Crippen LogP contribution < -0.4 is 4.31 Å². The molecule has 0 aliphatic carbocycles. The number of piperidine rings is 1. The van der Waals surface area contributed by atoms with E-state index in [0.29, 0.717) is 15.8 Å². The van der Waals surface area contributed by atoms with Crippen molar-refractivity contribution in [2.24, 2.45) is 5.92 Å². The number of aromatic nitrogens is 2. The van der Waals surface area contributed by atoms with Crippen molar-refractivity contribution in [3.63, 3.8) is 0 Å². The smallest absolute Gasteiger partial charge is 0.274 e. The summed E-state index contributed by atoms with van der Waals surface area (Å²) in [6.45, 7) is 7.20. The number of aromatic amines is 1. The number of H-pyrrole nitrogens is 1. The molecular weight excluding hydrogens is 513 g/mol. The maximum Gasteiger partial charge on any atom is 0.274 e. The summed E-state index contributed by atoms with van der Waals surface area (Å²) in [5.74, 6) is 0.633. The molecule has 0 atom stereocenters. The van der Waals surface area contributed by atoms with Crippen molar-refractivity contribution in [3.05, 3.63) is 65.5 Å². The lowest BCUT2D eigenvalue weighted by molar-refractivity contribution is 0.154. The molecule has 3 aromatic heterocycles. The van der Waals surface area contributed by atoms with Gasteiger partial charge in [0.15, 0.2) is 0 Å². The maximum atomic E-state index is 13.4. The third-order valence-corrected chi connectivity index (χ3v) is 10.8. The second kappa shape index (κ2) is 10.9. The van der Waals surface area contributed by atoms with Crippen molar-refractivity contribution < 1.29 is 13.5 Å². The summed E-state index contributed by atoms with van der Waals surface area (Å²) in [4.78, 5) is 11.8. The molecule has 2 N–H and O–H groups in total. The second-order valence-corrected chi connectivity index (χ2v) is 13.2. The van der Waals surface area contributed by atoms with Crippen molar-refractivity contribution in [1.29, 1.82) is 0 Å². The molecule has 1 aliphatic rings. The molecule has 36 heavy (non-hydrogen) atoms. The van der Waals surface area contributed by atoms with Gasteiger partial charge in [-0.3, -0.25) is 9.21 Å². The highest BCUT2D eigenvalue weighted by atomic mass is 32.2. The molecule has 0 radical (unpaired) electrons. The molecule has 1 aromatic carbocycles. The number of anilines is 1. The van der Waals surface area contributed by atoms with E-state index in [1.165, 1.54) is 20.5 Å². The zero-order valence-electron chi connectivity index (χ0n) is 20.0. The molecule has 0 saturated carbocycles. The van der Waals surface area contributed by atoms with Gasteiger partial charge < -0.3 is 10.1 Å². The molecule has 0 bridgehead atoms. The van der Waals surface area contributed by atoms with Gasteiger partial charge in [-0.15, -0.1) is 29.3 Å². The van der Waals surface area contributed by atoms with E-state index in [2.05, 4.69) is 21.4 Å². The number of nitrogens with one attached hydrogen (secondary N) is 1. The number of hydrogen-bond donors (Lipinski definition) is 2. The minimum Gasteiger partial charge on any atom is -0.396 e. The van der Waals surface area contributed by atoms with Crippen LogP contribution in [0.4, 0.5) is 5.69 Å². The molecule has 0 spiro atoms. The number of benzene rings is 1. The fraction of sp³-hybridized carbons (Fsp3) is 0.346. The number of fused-ring (bicyclic) bond motifs is 1. The minimum absolute atomic E-state index is 0.171. The van der Waals surface area contributed by atoms with Gasteiger partial charge in [0.05, 0.1) is 23.4 Å². The quantitative estimate of drug-likeness (QED) is 0.265. The van der Waals surface area contributed by atoms with Crippen LogP contribution in [0.2, 0.25) is 0 Å². The molecule has 7 nitrogen and oxygen atoms in total. The Morgan fingerprint density at radius 1 is 1.25 bits per heavy atom. The van der Waals surface area contributed by atoms with Gasteiger partial charge in [0, 0.05) is 29.6 Å². The van der Waals surface area contributed by atoms with E-state index in [4.69, 9.17) is 0 Å². The Balaban J connectivity index is 1.39. The molecule has 4 heterocycles. The van der Waals surface area contributed by atoms with Gasteiger partial charge in [0.2, 0.25) is 0 Å². The Labute approximate surface area is 219 Å². The first kappa shape index (κ1) is 25.2. The normalized spacial score (nSPS) is 15.5. The Morgan fingerprint density at radius 3 is 2.81 bits per heavy atom. The average Bonchev–Trinajstić information content (AvgIpc) is 3.64. The fourth-order valence-corrected chi connectivity index (χ4v) is 8.24. The second-order valence-electron chi connectivity index (χ2n) is 9.04. The maximum absolute atomic E-state index is 13.4. The van der Waals surface area contributed by atoms with Crippen LogP contribution >= 0.6 is 22.7 Å². The van der Waals surface area contributed by atoms with Crippen LogP contribution in [-0.2, 0) is 16.6 Å². The van der Waals surface area contributed by atoms with Gasteiger partial charge in [-0.05, 0) is 61.8 Å². The molecule has 4 aromatic rings. The summed E-state index contributed by atoms with van der Waals surface area (Å²) < 4.78 is 28.5. The largest absolute Gasteiger partial charge is 0.396 e. The number of hydrogen-bond acceptors (Lipinski definition) is 7. The molecule has 190 valence electrons. The number of nitrogens with zero attached hydrogens (tertiary/aromatic N) is 3. The van der Waals surface area contributed by atoms with Gasteiger partial charge >= 0.3 is 0 Å². The third-order valence-electron chi connectivity index (χ3n) is 6.65. The van der Waals surface area contributed by atoms with Crippen LogP contribution in [0.1, 0.15) is 24.1 Å². The number of thiophene rings is 1. The van der Waals surface area contributed by atoms with Crippen LogP contribution in [0, 0.1) is 5.92 Å². The summed E-state index contributed by atoms with van der Waals surface area (Å²) >= 11 is 2.87. The summed E-state index contributed by atoms with van der Waals surface area (Å²) in [6, 6.07) is 11.1. The highest BCUT2D eigenvalue weighted by Gasteiger charge is 2.27. The molecule has 1 saturated heterocycles. The highest BCUT2D eigenvalue weighted by Crippen LogP contribution is 2.35. The Kier molecular flexibility index (Phi) is 7.59. The molecule has 1 aliphatic heterocycles. The van der Waals surface area contributed by atoms with Crippen molar-refractivity contribution in [3.8, 4) is 10.7 Å². The number of aliphatic hydroxyl groups excluding tert-OH is 1. The zero-order chi connectivity index (χ0) is 25.1. The monoisotopic (exact) mass is 542 g/mol. The third kappa shape index (κ3) is 5.14. The number of para-hydroxylation sites is 1. The lowest BCUT2D eigenvalue weighted by Gasteiger charge is -2.31. The topological polar surface area (TPSA) is 89.5 Å². The van der Waals surface area contributed by atoms with E-state index >= 15 is 0 Å². The van der Waals surface area contributed by atoms with Crippen LogP contribution in [0.15, 0.2) is 64.8 Å². The molecule has 0 amide bonds. The Bertz CT molecular complexity index is 1420. The van der Waals surface area contributed by atoms with Crippen LogP contribution in [-0.4, -0.2) is 54.6 Å². The molecule has 0 unspecified atom stereocenters. The summed E-state index contributed by atoms with van der Waals surface area (Å²) in [5, 5.41) is 12.8. The van der Waals surface area contributed by atoms with E-state index in [1.807, 2.05) is 30.5 Å². The number of likely N-dealkylation sites (tertiary alicyclic amines) is 1. The lowest BCUT2D eigenvalue weighted by Crippen LogP contribution is -2.33. The first-order valence-corrected chi connectivity index (χ1v) is 15.2. The summed E-state index contributed by atoms with van der Waals surface area (Å²) in [7, 11) is -3.71. The minimum atomic E-state index is -3.71.